The average molecular weight is 326 g/mol. The number of phenols is 1. The van der Waals surface area contributed by atoms with Gasteiger partial charge in [-0.3, -0.25) is 4.79 Å². The first-order chi connectivity index (χ1) is 11.4. The van der Waals surface area contributed by atoms with Crippen molar-refractivity contribution in [3.63, 3.8) is 0 Å². The van der Waals surface area contributed by atoms with Crippen molar-refractivity contribution in [2.45, 2.75) is 33.3 Å². The second kappa shape index (κ2) is 6.00. The third-order valence-electron chi connectivity index (χ3n) is 4.00. The lowest BCUT2D eigenvalue weighted by Crippen LogP contribution is -2.24. The number of carbonyl (C=O) groups excluding carboxylic acids is 1. The van der Waals surface area contributed by atoms with Gasteiger partial charge in [-0.1, -0.05) is 18.2 Å². The van der Waals surface area contributed by atoms with Gasteiger partial charge in [-0.15, -0.1) is 0 Å². The molecule has 1 aromatic carbocycles. The van der Waals surface area contributed by atoms with Crippen molar-refractivity contribution in [2.75, 3.05) is 0 Å². The number of hydrogen-bond donors (Lipinski definition) is 1. The highest BCUT2D eigenvalue weighted by Crippen LogP contribution is 2.41. The second-order valence-corrected chi connectivity index (χ2v) is 5.88. The molecule has 0 spiro atoms. The minimum Gasteiger partial charge on any atom is -0.507 e. The standard InChI is InChI=1S/C19H18O5/c1-4-5-6-10(2)12-8-16(22)24-19-17(12)14(21)9-15-18(19)13(20)7-11(3)23-15/h4-6,8-9,11,21H,7H2,1-3H3/b5-4-,10-6+. The number of rotatable bonds is 2. The van der Waals surface area contributed by atoms with Gasteiger partial charge in [-0.25, -0.2) is 4.79 Å². The Morgan fingerprint density at radius 1 is 1.33 bits per heavy atom. The van der Waals surface area contributed by atoms with Crippen LogP contribution in [-0.2, 0) is 0 Å². The molecule has 0 aliphatic carbocycles. The van der Waals surface area contributed by atoms with Gasteiger partial charge in [0.15, 0.2) is 11.4 Å². The summed E-state index contributed by atoms with van der Waals surface area (Å²) in [6.45, 7) is 5.48. The molecule has 24 heavy (non-hydrogen) atoms. The predicted octanol–water partition coefficient (Wildman–Crippen LogP) is 3.83. The number of aromatic hydroxyl groups is 1. The molecule has 1 aliphatic rings. The highest BCUT2D eigenvalue weighted by Gasteiger charge is 2.30. The number of hydrogen-bond acceptors (Lipinski definition) is 5. The smallest absolute Gasteiger partial charge is 0.336 e. The van der Waals surface area contributed by atoms with Crippen molar-refractivity contribution in [1.82, 2.24) is 0 Å². The molecule has 2 aromatic rings. The summed E-state index contributed by atoms with van der Waals surface area (Å²) in [4.78, 5) is 24.4. The van der Waals surface area contributed by atoms with Crippen molar-refractivity contribution in [3.05, 3.63) is 51.9 Å². The highest BCUT2D eigenvalue weighted by molar-refractivity contribution is 6.12. The molecule has 1 aliphatic heterocycles. The normalized spacial score (nSPS) is 18.0. The fourth-order valence-corrected chi connectivity index (χ4v) is 2.92. The van der Waals surface area contributed by atoms with Gasteiger partial charge in [0.1, 0.15) is 23.2 Å². The number of ether oxygens (including phenoxy) is 1. The summed E-state index contributed by atoms with van der Waals surface area (Å²) >= 11 is 0. The van der Waals surface area contributed by atoms with E-state index in [4.69, 9.17) is 9.15 Å². The van der Waals surface area contributed by atoms with Crippen LogP contribution in [0.4, 0.5) is 0 Å². The number of Topliss-reactive ketones (excluding diaryl/α,β-unsaturated/α-hetero) is 1. The molecule has 0 saturated carbocycles. The molecule has 1 atom stereocenters. The van der Waals surface area contributed by atoms with Crippen LogP contribution in [0.15, 0.2) is 39.6 Å². The maximum Gasteiger partial charge on any atom is 0.336 e. The zero-order valence-electron chi connectivity index (χ0n) is 13.8. The van der Waals surface area contributed by atoms with Crippen LogP contribution in [0.2, 0.25) is 0 Å². The quantitative estimate of drug-likeness (QED) is 0.670. The number of carbonyl (C=O) groups is 1. The molecule has 1 unspecified atom stereocenters. The topological polar surface area (TPSA) is 76.7 Å². The predicted molar refractivity (Wildman–Crippen MR) is 91.7 cm³/mol. The van der Waals surface area contributed by atoms with Crippen LogP contribution in [0.25, 0.3) is 16.5 Å². The summed E-state index contributed by atoms with van der Waals surface area (Å²) in [5, 5.41) is 10.8. The number of phenolic OH excluding ortho intramolecular Hbond substituents is 1. The summed E-state index contributed by atoms with van der Waals surface area (Å²) < 4.78 is 10.9. The molecular formula is C19H18O5. The van der Waals surface area contributed by atoms with Crippen LogP contribution >= 0.6 is 0 Å². The Morgan fingerprint density at radius 2 is 2.08 bits per heavy atom. The van der Waals surface area contributed by atoms with E-state index in [0.717, 1.165) is 5.57 Å². The first-order valence-corrected chi connectivity index (χ1v) is 7.76. The van der Waals surface area contributed by atoms with E-state index in [9.17, 15) is 14.7 Å². The first-order valence-electron chi connectivity index (χ1n) is 7.76. The Balaban J connectivity index is 2.40. The van der Waals surface area contributed by atoms with Crippen LogP contribution in [0.5, 0.6) is 11.5 Å². The van der Waals surface area contributed by atoms with Gasteiger partial charge in [0.2, 0.25) is 0 Å². The molecule has 3 rings (SSSR count). The molecule has 0 amide bonds. The van der Waals surface area contributed by atoms with E-state index in [0.29, 0.717) is 10.9 Å². The molecule has 124 valence electrons. The monoisotopic (exact) mass is 326 g/mol. The summed E-state index contributed by atoms with van der Waals surface area (Å²) in [7, 11) is 0. The Bertz CT molecular complexity index is 946. The molecule has 1 aromatic heterocycles. The van der Waals surface area contributed by atoms with Crippen LogP contribution in [0.3, 0.4) is 0 Å². The van der Waals surface area contributed by atoms with Crippen LogP contribution in [0, 0.1) is 0 Å². The average Bonchev–Trinajstić information content (AvgIpc) is 2.50. The maximum atomic E-state index is 12.4. The molecule has 2 heterocycles. The fraction of sp³-hybridized carbons (Fsp3) is 0.263. The molecule has 5 nitrogen and oxygen atoms in total. The van der Waals surface area contributed by atoms with Gasteiger partial charge in [0.25, 0.3) is 0 Å². The molecule has 0 saturated heterocycles. The summed E-state index contributed by atoms with van der Waals surface area (Å²) in [6.07, 6.45) is 5.44. The zero-order chi connectivity index (χ0) is 17.4. The van der Waals surface area contributed by atoms with E-state index in [-0.39, 0.29) is 41.0 Å². The molecule has 5 heteroatoms. The van der Waals surface area contributed by atoms with Crippen LogP contribution < -0.4 is 10.4 Å². The SMILES string of the molecule is C/C=C\C=C(/C)c1cc(=O)oc2c3c(cc(O)c12)OC(C)CC3=O. The van der Waals surface area contributed by atoms with Gasteiger partial charge >= 0.3 is 5.63 Å². The highest BCUT2D eigenvalue weighted by atomic mass is 16.5. The van der Waals surface area contributed by atoms with Crippen molar-refractivity contribution < 1.29 is 19.1 Å². The zero-order valence-corrected chi connectivity index (χ0v) is 13.8. The summed E-state index contributed by atoms with van der Waals surface area (Å²) in [5.41, 5.74) is 1.03. The van der Waals surface area contributed by atoms with E-state index in [1.54, 1.807) is 6.92 Å². The van der Waals surface area contributed by atoms with Crippen LogP contribution in [0.1, 0.15) is 43.1 Å². The molecule has 0 fully saturated rings. The largest absolute Gasteiger partial charge is 0.507 e. The lowest BCUT2D eigenvalue weighted by molar-refractivity contribution is 0.0871. The lowest BCUT2D eigenvalue weighted by Gasteiger charge is -2.23. The molecule has 0 bridgehead atoms. The minimum atomic E-state index is -0.579. The second-order valence-electron chi connectivity index (χ2n) is 5.88. The van der Waals surface area contributed by atoms with Gasteiger partial charge in [-0.05, 0) is 31.9 Å². The first kappa shape index (κ1) is 16.1. The van der Waals surface area contributed by atoms with Crippen molar-refractivity contribution in [2.24, 2.45) is 0 Å². The molecular weight excluding hydrogens is 308 g/mol. The number of fused-ring (bicyclic) bond motifs is 3. The van der Waals surface area contributed by atoms with E-state index < -0.39 is 5.63 Å². The number of benzene rings is 1. The van der Waals surface area contributed by atoms with E-state index in [1.807, 2.05) is 32.1 Å². The molecule has 1 N–H and O–H groups in total. The maximum absolute atomic E-state index is 12.4. The number of allylic oxidation sites excluding steroid dienone is 4. The van der Waals surface area contributed by atoms with Crippen molar-refractivity contribution in [3.8, 4) is 11.5 Å². The summed E-state index contributed by atoms with van der Waals surface area (Å²) in [6, 6.07) is 2.73. The van der Waals surface area contributed by atoms with E-state index in [2.05, 4.69) is 0 Å². The Labute approximate surface area is 138 Å². The lowest BCUT2D eigenvalue weighted by atomic mass is 9.94. The van der Waals surface area contributed by atoms with Gasteiger partial charge < -0.3 is 14.3 Å². The molecule has 0 radical (unpaired) electrons. The van der Waals surface area contributed by atoms with Gasteiger partial charge in [0.05, 0.1) is 5.39 Å². The van der Waals surface area contributed by atoms with Crippen molar-refractivity contribution >= 4 is 22.3 Å². The Morgan fingerprint density at radius 3 is 2.79 bits per heavy atom. The minimum absolute atomic E-state index is 0.0811. The number of ketones is 1. The fourth-order valence-electron chi connectivity index (χ4n) is 2.92. The third kappa shape index (κ3) is 2.62. The Kier molecular flexibility index (Phi) is 4.01. The van der Waals surface area contributed by atoms with Gasteiger partial charge in [-0.2, -0.15) is 0 Å². The Hall–Kier alpha value is -2.82. The van der Waals surface area contributed by atoms with E-state index in [1.165, 1.54) is 12.1 Å². The van der Waals surface area contributed by atoms with Gasteiger partial charge in [0, 0.05) is 18.6 Å². The summed E-state index contributed by atoms with van der Waals surface area (Å²) in [5.74, 6) is 0.000835. The van der Waals surface area contributed by atoms with Crippen molar-refractivity contribution in [1.29, 1.82) is 0 Å². The van der Waals surface area contributed by atoms with E-state index >= 15 is 0 Å². The third-order valence-corrected chi connectivity index (χ3v) is 4.00. The van der Waals surface area contributed by atoms with Crippen LogP contribution in [-0.4, -0.2) is 17.0 Å².